The van der Waals surface area contributed by atoms with Crippen LogP contribution >= 0.6 is 0 Å². The number of imidazole rings is 1. The van der Waals surface area contributed by atoms with E-state index in [0.717, 1.165) is 5.56 Å². The molecule has 3 rings (SSSR count). The van der Waals surface area contributed by atoms with Gasteiger partial charge in [0.2, 0.25) is 9.84 Å². The molecule has 0 spiro atoms. The second-order valence-corrected chi connectivity index (χ2v) is 8.04. The van der Waals surface area contributed by atoms with Gasteiger partial charge in [-0.25, -0.2) is 13.4 Å². The highest BCUT2D eigenvalue weighted by molar-refractivity contribution is 7.92. The van der Waals surface area contributed by atoms with Crippen molar-refractivity contribution in [2.24, 2.45) is 0 Å². The van der Waals surface area contributed by atoms with E-state index in [0.29, 0.717) is 5.82 Å². The lowest BCUT2D eigenvalue weighted by Crippen LogP contribution is -2.06. The molecule has 0 saturated carbocycles. The molecule has 3 aromatic rings. The molecule has 0 radical (unpaired) electrons. The molecule has 2 aromatic carbocycles. The minimum absolute atomic E-state index is 0.104. The molecule has 0 saturated heterocycles. The topological polar surface area (TPSA) is 79.9 Å². The van der Waals surface area contributed by atoms with E-state index < -0.39 is 20.6 Å². The molecule has 23 heavy (non-hydrogen) atoms. The highest BCUT2D eigenvalue weighted by atomic mass is 32.2. The third-order valence-electron chi connectivity index (χ3n) is 3.28. The predicted molar refractivity (Wildman–Crippen MR) is 88.2 cm³/mol. The first kappa shape index (κ1) is 15.6. The van der Waals surface area contributed by atoms with Gasteiger partial charge in [0.25, 0.3) is 0 Å². The van der Waals surface area contributed by atoms with Gasteiger partial charge in [-0.1, -0.05) is 48.5 Å². The first-order valence-corrected chi connectivity index (χ1v) is 9.83. The van der Waals surface area contributed by atoms with Crippen molar-refractivity contribution in [3.8, 4) is 11.4 Å². The molecular weight excluding hydrogens is 332 g/mol. The van der Waals surface area contributed by atoms with E-state index in [1.807, 2.05) is 18.2 Å². The van der Waals surface area contributed by atoms with E-state index in [4.69, 9.17) is 0 Å². The van der Waals surface area contributed by atoms with Crippen LogP contribution in [0.1, 0.15) is 0 Å². The highest BCUT2D eigenvalue weighted by Crippen LogP contribution is 2.27. The number of aromatic amines is 1. The SMILES string of the molecule is CS(=O)c1[nH]c(-c2ccccc2)nc1S(=O)(=O)c1ccccc1. The zero-order valence-corrected chi connectivity index (χ0v) is 13.9. The number of aromatic nitrogens is 2. The van der Waals surface area contributed by atoms with Gasteiger partial charge in [-0.2, -0.15) is 0 Å². The van der Waals surface area contributed by atoms with Gasteiger partial charge in [0.15, 0.2) is 5.03 Å². The fraction of sp³-hybridized carbons (Fsp3) is 0.0625. The number of nitrogens with zero attached hydrogens (tertiary/aromatic N) is 1. The van der Waals surface area contributed by atoms with Gasteiger partial charge in [0, 0.05) is 11.8 Å². The lowest BCUT2D eigenvalue weighted by molar-refractivity contribution is 0.589. The summed E-state index contributed by atoms with van der Waals surface area (Å²) in [7, 11) is -5.35. The number of hydrogen-bond acceptors (Lipinski definition) is 4. The molecule has 0 aliphatic carbocycles. The summed E-state index contributed by atoms with van der Waals surface area (Å²) in [5, 5.41) is -0.0870. The fourth-order valence-electron chi connectivity index (χ4n) is 2.16. The summed E-state index contributed by atoms with van der Waals surface area (Å²) in [6, 6.07) is 17.1. The first-order valence-electron chi connectivity index (χ1n) is 6.79. The van der Waals surface area contributed by atoms with Crippen molar-refractivity contribution < 1.29 is 12.6 Å². The van der Waals surface area contributed by atoms with E-state index in [9.17, 15) is 12.6 Å². The van der Waals surface area contributed by atoms with Crippen molar-refractivity contribution in [3.63, 3.8) is 0 Å². The zero-order chi connectivity index (χ0) is 16.4. The molecule has 1 N–H and O–H groups in total. The van der Waals surface area contributed by atoms with Crippen molar-refractivity contribution in [1.29, 1.82) is 0 Å². The minimum atomic E-state index is -3.84. The van der Waals surface area contributed by atoms with Crippen LogP contribution in [0.25, 0.3) is 11.4 Å². The Morgan fingerprint density at radius 2 is 1.52 bits per heavy atom. The molecule has 118 valence electrons. The molecule has 0 fully saturated rings. The third-order valence-corrected chi connectivity index (χ3v) is 5.98. The molecule has 0 bridgehead atoms. The van der Waals surface area contributed by atoms with Crippen molar-refractivity contribution in [2.75, 3.05) is 6.26 Å². The zero-order valence-electron chi connectivity index (χ0n) is 12.3. The Morgan fingerprint density at radius 3 is 2.09 bits per heavy atom. The second kappa shape index (κ2) is 6.10. The van der Waals surface area contributed by atoms with Crippen molar-refractivity contribution >= 4 is 20.6 Å². The van der Waals surface area contributed by atoms with E-state index in [2.05, 4.69) is 9.97 Å². The smallest absolute Gasteiger partial charge is 0.226 e. The fourth-order valence-corrected chi connectivity index (χ4v) is 4.62. The van der Waals surface area contributed by atoms with Crippen LogP contribution in [0.2, 0.25) is 0 Å². The molecule has 5 nitrogen and oxygen atoms in total. The predicted octanol–water partition coefficient (Wildman–Crippen LogP) is 2.65. The quantitative estimate of drug-likeness (QED) is 0.787. The Bertz CT molecular complexity index is 950. The summed E-state index contributed by atoms with van der Waals surface area (Å²) < 4.78 is 37.5. The summed E-state index contributed by atoms with van der Waals surface area (Å²) in [4.78, 5) is 7.22. The Kier molecular flexibility index (Phi) is 4.14. The van der Waals surface area contributed by atoms with Crippen LogP contribution < -0.4 is 0 Å². The summed E-state index contributed by atoms with van der Waals surface area (Å²) in [5.41, 5.74) is 0.730. The highest BCUT2D eigenvalue weighted by Gasteiger charge is 2.27. The van der Waals surface area contributed by atoms with E-state index in [1.54, 1.807) is 30.3 Å². The summed E-state index contributed by atoms with van der Waals surface area (Å²) in [6.07, 6.45) is 1.42. The molecule has 0 aliphatic rings. The van der Waals surface area contributed by atoms with Gasteiger partial charge >= 0.3 is 0 Å². The lowest BCUT2D eigenvalue weighted by Gasteiger charge is -2.02. The molecule has 1 unspecified atom stereocenters. The minimum Gasteiger partial charge on any atom is -0.330 e. The third kappa shape index (κ3) is 2.97. The van der Waals surface area contributed by atoms with Gasteiger partial charge in [-0.05, 0) is 12.1 Å². The largest absolute Gasteiger partial charge is 0.330 e. The Labute approximate surface area is 136 Å². The lowest BCUT2D eigenvalue weighted by atomic mass is 10.2. The normalized spacial score (nSPS) is 12.9. The van der Waals surface area contributed by atoms with Crippen LogP contribution in [-0.2, 0) is 20.6 Å². The number of benzene rings is 2. The number of nitrogens with one attached hydrogen (secondary N) is 1. The summed E-state index contributed by atoms with van der Waals surface area (Å²) in [6.45, 7) is 0. The molecule has 1 heterocycles. The van der Waals surface area contributed by atoms with Crippen LogP contribution in [0.5, 0.6) is 0 Å². The van der Waals surface area contributed by atoms with Gasteiger partial charge in [0.1, 0.15) is 10.9 Å². The van der Waals surface area contributed by atoms with Crippen LogP contribution in [0.3, 0.4) is 0 Å². The maximum atomic E-state index is 12.8. The molecular formula is C16H14N2O3S2. The number of sulfone groups is 1. The van der Waals surface area contributed by atoms with Crippen LogP contribution in [0.15, 0.2) is 75.6 Å². The van der Waals surface area contributed by atoms with Crippen LogP contribution in [0.4, 0.5) is 0 Å². The van der Waals surface area contributed by atoms with Gasteiger partial charge in [0.05, 0.1) is 15.7 Å². The van der Waals surface area contributed by atoms with E-state index in [-0.39, 0.29) is 14.9 Å². The van der Waals surface area contributed by atoms with E-state index in [1.165, 1.54) is 18.4 Å². The summed E-state index contributed by atoms with van der Waals surface area (Å²) in [5.74, 6) is 0.380. The van der Waals surface area contributed by atoms with Crippen molar-refractivity contribution in [3.05, 3.63) is 60.7 Å². The molecule has 7 heteroatoms. The maximum absolute atomic E-state index is 12.8. The number of rotatable bonds is 4. The van der Waals surface area contributed by atoms with Gasteiger partial charge < -0.3 is 4.98 Å². The van der Waals surface area contributed by atoms with Crippen LogP contribution in [-0.4, -0.2) is 28.9 Å². The number of hydrogen-bond donors (Lipinski definition) is 1. The van der Waals surface area contributed by atoms with Crippen molar-refractivity contribution in [1.82, 2.24) is 9.97 Å². The van der Waals surface area contributed by atoms with Crippen LogP contribution in [0, 0.1) is 0 Å². The monoisotopic (exact) mass is 346 g/mol. The average molecular weight is 346 g/mol. The molecule has 1 aromatic heterocycles. The number of H-pyrrole nitrogens is 1. The first-order chi connectivity index (χ1) is 11.0. The van der Waals surface area contributed by atoms with Gasteiger partial charge in [-0.15, -0.1) is 0 Å². The second-order valence-electron chi connectivity index (χ2n) is 4.86. The standard InChI is InChI=1S/C16H14N2O3S2/c1-22(19)15-16(23(20,21)13-10-6-3-7-11-13)18-14(17-15)12-8-4-2-5-9-12/h2-11H,1H3,(H,17,18). The molecule has 0 aliphatic heterocycles. The van der Waals surface area contributed by atoms with Gasteiger partial charge in [-0.3, -0.25) is 4.21 Å². The van der Waals surface area contributed by atoms with Crippen molar-refractivity contribution in [2.45, 2.75) is 14.9 Å². The average Bonchev–Trinajstić information content (AvgIpc) is 3.03. The van der Waals surface area contributed by atoms with E-state index >= 15 is 0 Å². The Hall–Kier alpha value is -2.25. The maximum Gasteiger partial charge on any atom is 0.226 e. The molecule has 1 atom stereocenters. The summed E-state index contributed by atoms with van der Waals surface area (Å²) >= 11 is 0. The molecule has 0 amide bonds. The Balaban J connectivity index is 2.20. The Morgan fingerprint density at radius 1 is 0.957 bits per heavy atom.